The first-order chi connectivity index (χ1) is 8.63. The lowest BCUT2D eigenvalue weighted by Crippen LogP contribution is -2.26. The van der Waals surface area contributed by atoms with Crippen LogP contribution in [0.4, 0.5) is 11.5 Å². The van der Waals surface area contributed by atoms with Gasteiger partial charge in [0.15, 0.2) is 0 Å². The topological polar surface area (TPSA) is 68.1 Å². The van der Waals surface area contributed by atoms with Crippen molar-refractivity contribution < 1.29 is 4.92 Å². The second-order valence-corrected chi connectivity index (χ2v) is 5.54. The molecule has 0 saturated heterocycles. The largest absolute Gasteiger partial charge is 0.367 e. The number of nitrogens with zero attached hydrogens (tertiary/aromatic N) is 2. The van der Waals surface area contributed by atoms with Gasteiger partial charge in [0.2, 0.25) is 0 Å². The van der Waals surface area contributed by atoms with E-state index >= 15 is 0 Å². The van der Waals surface area contributed by atoms with Crippen LogP contribution in [0.15, 0.2) is 12.3 Å². The molecule has 0 radical (unpaired) electrons. The number of aromatic nitrogens is 1. The number of anilines is 1. The van der Waals surface area contributed by atoms with Crippen molar-refractivity contribution in [3.8, 4) is 0 Å². The lowest BCUT2D eigenvalue weighted by molar-refractivity contribution is -0.385. The molecule has 0 aromatic carbocycles. The summed E-state index contributed by atoms with van der Waals surface area (Å²) in [5.41, 5.74) is 0.915. The number of pyridine rings is 1. The molecule has 0 amide bonds. The molecular formula is C13H17N3O2. The standard InChI is InChI=1S/C13H17N3O2/c1-8-4-11(16(17)18)7-14-13(8)15-12-6-9-2-3-10(12)5-9/h4,7,9-10,12H,2-3,5-6H2,1H3,(H,14,15). The molecule has 1 N–H and O–H groups in total. The molecule has 1 aromatic heterocycles. The smallest absolute Gasteiger partial charge is 0.287 e. The molecule has 3 atom stereocenters. The van der Waals surface area contributed by atoms with Gasteiger partial charge in [-0.15, -0.1) is 0 Å². The van der Waals surface area contributed by atoms with Crippen LogP contribution in [0.5, 0.6) is 0 Å². The van der Waals surface area contributed by atoms with E-state index in [1.54, 1.807) is 6.07 Å². The average Bonchev–Trinajstić information content (AvgIpc) is 2.93. The van der Waals surface area contributed by atoms with Crippen molar-refractivity contribution in [2.24, 2.45) is 11.8 Å². The zero-order valence-corrected chi connectivity index (χ0v) is 10.4. The fraction of sp³-hybridized carbons (Fsp3) is 0.615. The van der Waals surface area contributed by atoms with E-state index < -0.39 is 4.92 Å². The molecule has 2 bridgehead atoms. The maximum Gasteiger partial charge on any atom is 0.287 e. The number of nitrogens with one attached hydrogen (secondary N) is 1. The highest BCUT2D eigenvalue weighted by atomic mass is 16.6. The van der Waals surface area contributed by atoms with Crippen LogP contribution in [0, 0.1) is 28.9 Å². The second kappa shape index (κ2) is 4.23. The monoisotopic (exact) mass is 247 g/mol. The lowest BCUT2D eigenvalue weighted by atomic mass is 9.95. The molecule has 0 spiro atoms. The lowest BCUT2D eigenvalue weighted by Gasteiger charge is -2.24. The molecule has 18 heavy (non-hydrogen) atoms. The summed E-state index contributed by atoms with van der Waals surface area (Å²) in [6, 6.07) is 2.10. The van der Waals surface area contributed by atoms with Gasteiger partial charge in [0.05, 0.1) is 4.92 Å². The number of hydrogen-bond donors (Lipinski definition) is 1. The first-order valence-corrected chi connectivity index (χ1v) is 6.51. The van der Waals surface area contributed by atoms with E-state index in [0.717, 1.165) is 23.2 Å². The number of hydrogen-bond acceptors (Lipinski definition) is 4. The maximum absolute atomic E-state index is 10.7. The van der Waals surface area contributed by atoms with Crippen molar-refractivity contribution >= 4 is 11.5 Å². The van der Waals surface area contributed by atoms with Gasteiger partial charge in [0.25, 0.3) is 5.69 Å². The van der Waals surface area contributed by atoms with Crippen molar-refractivity contribution in [3.05, 3.63) is 27.9 Å². The molecule has 0 aliphatic heterocycles. The zero-order valence-electron chi connectivity index (χ0n) is 10.4. The Hall–Kier alpha value is -1.65. The van der Waals surface area contributed by atoms with E-state index in [-0.39, 0.29) is 5.69 Å². The summed E-state index contributed by atoms with van der Waals surface area (Å²) >= 11 is 0. The first kappa shape index (κ1) is 11.4. The molecule has 96 valence electrons. The van der Waals surface area contributed by atoms with Crippen molar-refractivity contribution in [2.75, 3.05) is 5.32 Å². The quantitative estimate of drug-likeness (QED) is 0.658. The van der Waals surface area contributed by atoms with Gasteiger partial charge in [0, 0.05) is 12.1 Å². The zero-order chi connectivity index (χ0) is 12.7. The predicted molar refractivity (Wildman–Crippen MR) is 68.5 cm³/mol. The van der Waals surface area contributed by atoms with Gasteiger partial charge in [-0.1, -0.05) is 6.42 Å². The Morgan fingerprint density at radius 1 is 1.44 bits per heavy atom. The normalized spacial score (nSPS) is 29.5. The Morgan fingerprint density at radius 3 is 2.83 bits per heavy atom. The van der Waals surface area contributed by atoms with E-state index in [9.17, 15) is 10.1 Å². The van der Waals surface area contributed by atoms with E-state index in [1.807, 2.05) is 6.92 Å². The van der Waals surface area contributed by atoms with Gasteiger partial charge in [0.1, 0.15) is 12.0 Å². The van der Waals surface area contributed by atoms with E-state index in [4.69, 9.17) is 0 Å². The fourth-order valence-electron chi connectivity index (χ4n) is 3.41. The van der Waals surface area contributed by atoms with E-state index in [1.165, 1.54) is 31.9 Å². The van der Waals surface area contributed by atoms with Crippen molar-refractivity contribution in [2.45, 2.75) is 38.6 Å². The average molecular weight is 247 g/mol. The Labute approximate surface area is 106 Å². The summed E-state index contributed by atoms with van der Waals surface area (Å²) in [6.07, 6.45) is 6.58. The third-order valence-corrected chi connectivity index (χ3v) is 4.33. The van der Waals surface area contributed by atoms with Gasteiger partial charge in [-0.3, -0.25) is 10.1 Å². The first-order valence-electron chi connectivity index (χ1n) is 6.51. The molecule has 5 nitrogen and oxygen atoms in total. The summed E-state index contributed by atoms with van der Waals surface area (Å²) in [5.74, 6) is 2.45. The summed E-state index contributed by atoms with van der Waals surface area (Å²) < 4.78 is 0. The molecule has 1 heterocycles. The Kier molecular flexibility index (Phi) is 2.69. The number of rotatable bonds is 3. The molecule has 2 aliphatic rings. The second-order valence-electron chi connectivity index (χ2n) is 5.54. The molecule has 5 heteroatoms. The van der Waals surface area contributed by atoms with Crippen LogP contribution in [0.25, 0.3) is 0 Å². The number of fused-ring (bicyclic) bond motifs is 2. The fourth-order valence-corrected chi connectivity index (χ4v) is 3.41. The van der Waals surface area contributed by atoms with Crippen LogP contribution >= 0.6 is 0 Å². The SMILES string of the molecule is Cc1cc([N+](=O)[O-])cnc1NC1CC2CCC1C2. The van der Waals surface area contributed by atoms with Crippen LogP contribution < -0.4 is 5.32 Å². The molecule has 2 fully saturated rings. The van der Waals surface area contributed by atoms with Crippen LogP contribution in [0.1, 0.15) is 31.2 Å². The maximum atomic E-state index is 10.7. The highest BCUT2D eigenvalue weighted by Gasteiger charge is 2.39. The molecule has 3 rings (SSSR count). The van der Waals surface area contributed by atoms with Crippen molar-refractivity contribution in [3.63, 3.8) is 0 Å². The predicted octanol–water partition coefficient (Wildman–Crippen LogP) is 2.90. The molecule has 2 saturated carbocycles. The Morgan fingerprint density at radius 2 is 2.28 bits per heavy atom. The van der Waals surface area contributed by atoms with Crippen LogP contribution in [0.2, 0.25) is 0 Å². The van der Waals surface area contributed by atoms with E-state index in [0.29, 0.717) is 6.04 Å². The van der Waals surface area contributed by atoms with Crippen molar-refractivity contribution in [1.29, 1.82) is 0 Å². The highest BCUT2D eigenvalue weighted by Crippen LogP contribution is 2.45. The Bertz CT molecular complexity index is 489. The van der Waals surface area contributed by atoms with Gasteiger partial charge >= 0.3 is 0 Å². The van der Waals surface area contributed by atoms with Crippen LogP contribution in [0.3, 0.4) is 0 Å². The minimum Gasteiger partial charge on any atom is -0.367 e. The molecule has 1 aromatic rings. The number of aryl methyl sites for hydroxylation is 1. The van der Waals surface area contributed by atoms with Crippen LogP contribution in [-0.2, 0) is 0 Å². The molecular weight excluding hydrogens is 230 g/mol. The summed E-state index contributed by atoms with van der Waals surface area (Å²) in [4.78, 5) is 14.5. The Balaban J connectivity index is 1.75. The van der Waals surface area contributed by atoms with Crippen LogP contribution in [-0.4, -0.2) is 15.9 Å². The summed E-state index contributed by atoms with van der Waals surface area (Å²) in [7, 11) is 0. The van der Waals surface area contributed by atoms with Gasteiger partial charge in [-0.2, -0.15) is 0 Å². The highest BCUT2D eigenvalue weighted by molar-refractivity contribution is 5.49. The minimum absolute atomic E-state index is 0.0611. The van der Waals surface area contributed by atoms with Gasteiger partial charge in [-0.05, 0) is 43.6 Å². The minimum atomic E-state index is -0.401. The molecule has 3 unspecified atom stereocenters. The number of nitro groups is 1. The summed E-state index contributed by atoms with van der Waals surface area (Å²) in [6.45, 7) is 1.87. The third kappa shape index (κ3) is 1.94. The summed E-state index contributed by atoms with van der Waals surface area (Å²) in [5, 5.41) is 14.1. The molecule has 2 aliphatic carbocycles. The van der Waals surface area contributed by atoms with E-state index in [2.05, 4.69) is 10.3 Å². The third-order valence-electron chi connectivity index (χ3n) is 4.33. The van der Waals surface area contributed by atoms with Gasteiger partial charge in [-0.25, -0.2) is 4.98 Å². The van der Waals surface area contributed by atoms with Gasteiger partial charge < -0.3 is 5.32 Å². The van der Waals surface area contributed by atoms with Crippen molar-refractivity contribution in [1.82, 2.24) is 4.98 Å².